The van der Waals surface area contributed by atoms with Crippen molar-refractivity contribution >= 4 is 22.5 Å². The molecule has 1 saturated heterocycles. The lowest BCUT2D eigenvalue weighted by atomic mass is 10.1. The largest absolute Gasteiger partial charge is 0.436 e. The smallest absolute Gasteiger partial charge is 0.227 e. The maximum atomic E-state index is 6.32. The molecule has 0 bridgehead atoms. The number of ether oxygens (including phenoxy) is 1. The SMILES string of the molecule is CN(c1ccc(-c2nc3ccccc3o2)cc1N)C1CCOCC1. The van der Waals surface area contributed by atoms with Crippen LogP contribution in [-0.4, -0.2) is 31.3 Å². The van der Waals surface area contributed by atoms with Crippen LogP contribution in [0.4, 0.5) is 11.4 Å². The third kappa shape index (κ3) is 2.71. The van der Waals surface area contributed by atoms with Gasteiger partial charge in [0, 0.05) is 31.9 Å². The van der Waals surface area contributed by atoms with Crippen molar-refractivity contribution in [2.75, 3.05) is 30.9 Å². The highest BCUT2D eigenvalue weighted by molar-refractivity contribution is 5.79. The van der Waals surface area contributed by atoms with Crippen LogP contribution in [0.5, 0.6) is 0 Å². The number of aromatic nitrogens is 1. The van der Waals surface area contributed by atoms with Gasteiger partial charge in [0.15, 0.2) is 5.58 Å². The summed E-state index contributed by atoms with van der Waals surface area (Å²) >= 11 is 0. The third-order valence-corrected chi connectivity index (χ3v) is 4.69. The molecule has 4 rings (SSSR count). The number of hydrogen-bond acceptors (Lipinski definition) is 5. The van der Waals surface area contributed by atoms with E-state index in [4.69, 9.17) is 14.9 Å². The summed E-state index contributed by atoms with van der Waals surface area (Å²) in [6, 6.07) is 14.2. The molecule has 1 aromatic heterocycles. The first-order chi connectivity index (χ1) is 11.7. The monoisotopic (exact) mass is 323 g/mol. The first kappa shape index (κ1) is 15.0. The van der Waals surface area contributed by atoms with Crippen molar-refractivity contribution < 1.29 is 9.15 Å². The quantitative estimate of drug-likeness (QED) is 0.745. The van der Waals surface area contributed by atoms with Gasteiger partial charge < -0.3 is 19.8 Å². The van der Waals surface area contributed by atoms with Crippen molar-refractivity contribution in [3.63, 3.8) is 0 Å². The molecule has 1 aliphatic heterocycles. The molecule has 0 atom stereocenters. The Kier molecular flexibility index (Phi) is 3.86. The molecule has 24 heavy (non-hydrogen) atoms. The standard InChI is InChI=1S/C19H21N3O2/c1-22(14-8-10-23-11-9-14)17-7-6-13(12-15(17)20)19-21-16-4-2-3-5-18(16)24-19/h2-7,12,14H,8-11,20H2,1H3. The molecule has 0 saturated carbocycles. The predicted octanol–water partition coefficient (Wildman–Crippen LogP) is 3.69. The normalized spacial score (nSPS) is 15.7. The van der Waals surface area contributed by atoms with Crippen LogP contribution in [0.15, 0.2) is 46.9 Å². The molecule has 0 amide bonds. The van der Waals surface area contributed by atoms with Crippen molar-refractivity contribution in [2.45, 2.75) is 18.9 Å². The number of anilines is 2. The summed E-state index contributed by atoms with van der Waals surface area (Å²) in [4.78, 5) is 6.79. The Balaban J connectivity index is 1.63. The van der Waals surface area contributed by atoms with E-state index in [-0.39, 0.29) is 0 Å². The first-order valence-corrected chi connectivity index (χ1v) is 8.28. The molecule has 1 aliphatic rings. The Labute approximate surface area is 141 Å². The Morgan fingerprint density at radius 2 is 1.92 bits per heavy atom. The molecule has 2 aromatic carbocycles. The van der Waals surface area contributed by atoms with E-state index in [2.05, 4.69) is 23.0 Å². The molecule has 0 spiro atoms. The molecule has 3 aromatic rings. The number of para-hydroxylation sites is 2. The fraction of sp³-hybridized carbons (Fsp3) is 0.316. The highest BCUT2D eigenvalue weighted by Gasteiger charge is 2.20. The van der Waals surface area contributed by atoms with Crippen LogP contribution in [-0.2, 0) is 4.74 Å². The molecule has 0 radical (unpaired) electrons. The zero-order chi connectivity index (χ0) is 16.5. The van der Waals surface area contributed by atoms with Crippen LogP contribution in [0.3, 0.4) is 0 Å². The first-order valence-electron chi connectivity index (χ1n) is 8.28. The van der Waals surface area contributed by atoms with E-state index in [1.165, 1.54) is 0 Å². The molecular weight excluding hydrogens is 302 g/mol. The number of fused-ring (bicyclic) bond motifs is 1. The second-order valence-electron chi connectivity index (χ2n) is 6.21. The van der Waals surface area contributed by atoms with Crippen LogP contribution in [0.1, 0.15) is 12.8 Å². The minimum atomic E-state index is 0.469. The molecule has 5 nitrogen and oxygen atoms in total. The number of nitrogens with zero attached hydrogens (tertiary/aromatic N) is 2. The summed E-state index contributed by atoms with van der Waals surface area (Å²) < 4.78 is 11.3. The van der Waals surface area contributed by atoms with Crippen LogP contribution >= 0.6 is 0 Å². The van der Waals surface area contributed by atoms with Gasteiger partial charge in [-0.2, -0.15) is 0 Å². The zero-order valence-corrected chi connectivity index (χ0v) is 13.7. The average molecular weight is 323 g/mol. The zero-order valence-electron chi connectivity index (χ0n) is 13.7. The van der Waals surface area contributed by atoms with E-state index >= 15 is 0 Å². The maximum Gasteiger partial charge on any atom is 0.227 e. The van der Waals surface area contributed by atoms with E-state index in [0.717, 1.165) is 54.1 Å². The Morgan fingerprint density at radius 3 is 2.67 bits per heavy atom. The topological polar surface area (TPSA) is 64.5 Å². The lowest BCUT2D eigenvalue weighted by Crippen LogP contribution is -2.37. The second kappa shape index (κ2) is 6.17. The minimum Gasteiger partial charge on any atom is -0.436 e. The van der Waals surface area contributed by atoms with E-state index in [1.54, 1.807) is 0 Å². The second-order valence-corrected chi connectivity index (χ2v) is 6.21. The minimum absolute atomic E-state index is 0.469. The van der Waals surface area contributed by atoms with Crippen LogP contribution < -0.4 is 10.6 Å². The molecular formula is C19H21N3O2. The van der Waals surface area contributed by atoms with Gasteiger partial charge in [-0.15, -0.1) is 0 Å². The van der Waals surface area contributed by atoms with Crippen LogP contribution in [0.25, 0.3) is 22.6 Å². The molecule has 124 valence electrons. The maximum absolute atomic E-state index is 6.32. The summed E-state index contributed by atoms with van der Waals surface area (Å²) in [5, 5.41) is 0. The predicted molar refractivity (Wildman–Crippen MR) is 96.1 cm³/mol. The molecule has 5 heteroatoms. The van der Waals surface area contributed by atoms with E-state index in [0.29, 0.717) is 11.9 Å². The lowest BCUT2D eigenvalue weighted by Gasteiger charge is -2.33. The van der Waals surface area contributed by atoms with E-state index in [1.807, 2.05) is 36.4 Å². The van der Waals surface area contributed by atoms with Gasteiger partial charge in [-0.1, -0.05) is 12.1 Å². The highest BCUT2D eigenvalue weighted by Crippen LogP contribution is 2.32. The third-order valence-electron chi connectivity index (χ3n) is 4.69. The van der Waals surface area contributed by atoms with E-state index < -0.39 is 0 Å². The number of benzene rings is 2. The average Bonchev–Trinajstić information content (AvgIpc) is 3.06. The van der Waals surface area contributed by atoms with Gasteiger partial charge in [-0.05, 0) is 43.2 Å². The summed E-state index contributed by atoms with van der Waals surface area (Å²) in [6.45, 7) is 1.63. The van der Waals surface area contributed by atoms with Crippen molar-refractivity contribution in [3.8, 4) is 11.5 Å². The summed E-state index contributed by atoms with van der Waals surface area (Å²) in [7, 11) is 2.10. The number of nitrogens with two attached hydrogens (primary N) is 1. The van der Waals surface area contributed by atoms with Crippen molar-refractivity contribution in [1.82, 2.24) is 4.98 Å². The molecule has 2 N–H and O–H groups in total. The highest BCUT2D eigenvalue weighted by atomic mass is 16.5. The lowest BCUT2D eigenvalue weighted by molar-refractivity contribution is 0.0855. The van der Waals surface area contributed by atoms with Gasteiger partial charge >= 0.3 is 0 Å². The van der Waals surface area contributed by atoms with Crippen LogP contribution in [0.2, 0.25) is 0 Å². The van der Waals surface area contributed by atoms with Gasteiger partial charge in [0.25, 0.3) is 0 Å². The van der Waals surface area contributed by atoms with Crippen molar-refractivity contribution in [1.29, 1.82) is 0 Å². The van der Waals surface area contributed by atoms with Gasteiger partial charge in [-0.3, -0.25) is 0 Å². The summed E-state index contributed by atoms with van der Waals surface area (Å²) in [5.41, 5.74) is 10.6. The molecule has 2 heterocycles. The fourth-order valence-electron chi connectivity index (χ4n) is 3.27. The fourth-order valence-corrected chi connectivity index (χ4v) is 3.27. The van der Waals surface area contributed by atoms with Gasteiger partial charge in [0.05, 0.1) is 11.4 Å². The number of hydrogen-bond donors (Lipinski definition) is 1. The van der Waals surface area contributed by atoms with E-state index in [9.17, 15) is 0 Å². The Morgan fingerprint density at radius 1 is 1.12 bits per heavy atom. The summed E-state index contributed by atoms with van der Waals surface area (Å²) in [6.07, 6.45) is 2.06. The van der Waals surface area contributed by atoms with Crippen molar-refractivity contribution in [2.24, 2.45) is 0 Å². The van der Waals surface area contributed by atoms with Gasteiger partial charge in [0.2, 0.25) is 5.89 Å². The van der Waals surface area contributed by atoms with Crippen molar-refractivity contribution in [3.05, 3.63) is 42.5 Å². The number of nitrogen functional groups attached to an aromatic ring is 1. The summed E-state index contributed by atoms with van der Waals surface area (Å²) in [5.74, 6) is 0.600. The van der Waals surface area contributed by atoms with Crippen LogP contribution in [0, 0.1) is 0 Å². The molecule has 1 fully saturated rings. The molecule has 0 unspecified atom stereocenters. The van der Waals surface area contributed by atoms with Gasteiger partial charge in [0.1, 0.15) is 5.52 Å². The Hall–Kier alpha value is -2.53. The molecule has 0 aliphatic carbocycles. The number of oxazole rings is 1. The Bertz CT molecular complexity index is 820. The van der Waals surface area contributed by atoms with Gasteiger partial charge in [-0.25, -0.2) is 4.98 Å². The number of rotatable bonds is 3.